The number of ether oxygens (including phenoxy) is 1. The lowest BCUT2D eigenvalue weighted by Crippen LogP contribution is -2.52. The number of aliphatic hydroxyl groups is 2. The van der Waals surface area contributed by atoms with E-state index >= 15 is 0 Å². The summed E-state index contributed by atoms with van der Waals surface area (Å²) in [7, 11) is -4.75. The summed E-state index contributed by atoms with van der Waals surface area (Å²) in [6, 6.07) is 0. The van der Waals surface area contributed by atoms with Crippen molar-refractivity contribution in [3.8, 4) is 0 Å². The molecule has 4 atom stereocenters. The standard InChI is InChI=1S/C7H12O7S/c1-3-5(8)7(14-15(10,11)12)6(9)4(2)13-3/h4-9H,1H2,2H3,(H,10,11,12). The summed E-state index contributed by atoms with van der Waals surface area (Å²) in [6.45, 7) is 4.77. The molecule has 0 bridgehead atoms. The third-order valence-corrected chi connectivity index (χ3v) is 2.49. The molecule has 0 aliphatic carbocycles. The van der Waals surface area contributed by atoms with E-state index in [0.29, 0.717) is 0 Å². The molecule has 7 nitrogen and oxygen atoms in total. The number of hydrogen-bond acceptors (Lipinski definition) is 6. The van der Waals surface area contributed by atoms with Gasteiger partial charge in [-0.2, -0.15) is 8.42 Å². The summed E-state index contributed by atoms with van der Waals surface area (Å²) in [4.78, 5) is 0. The molecule has 3 N–H and O–H groups in total. The zero-order valence-corrected chi connectivity index (χ0v) is 8.72. The molecule has 0 aromatic heterocycles. The third kappa shape index (κ3) is 2.89. The first kappa shape index (κ1) is 12.4. The molecule has 88 valence electrons. The van der Waals surface area contributed by atoms with Gasteiger partial charge in [0.05, 0.1) is 0 Å². The normalized spacial score (nSPS) is 37.5. The topological polar surface area (TPSA) is 113 Å². The van der Waals surface area contributed by atoms with Crippen molar-refractivity contribution < 1.29 is 32.1 Å². The molecule has 1 fully saturated rings. The van der Waals surface area contributed by atoms with Gasteiger partial charge in [-0.1, -0.05) is 6.58 Å². The van der Waals surface area contributed by atoms with E-state index in [4.69, 9.17) is 9.29 Å². The lowest BCUT2D eigenvalue weighted by molar-refractivity contribution is -0.140. The molecule has 1 aliphatic rings. The second-order valence-corrected chi connectivity index (χ2v) is 4.26. The molecule has 0 amide bonds. The van der Waals surface area contributed by atoms with Crippen LogP contribution in [0, 0.1) is 0 Å². The Morgan fingerprint density at radius 1 is 1.47 bits per heavy atom. The van der Waals surface area contributed by atoms with Gasteiger partial charge in [0.1, 0.15) is 30.2 Å². The van der Waals surface area contributed by atoms with Crippen molar-refractivity contribution in [1.82, 2.24) is 0 Å². The maximum atomic E-state index is 10.4. The van der Waals surface area contributed by atoms with Gasteiger partial charge in [0.2, 0.25) is 0 Å². The van der Waals surface area contributed by atoms with Crippen molar-refractivity contribution >= 4 is 10.4 Å². The molecular weight excluding hydrogens is 228 g/mol. The molecule has 0 aromatic rings. The Labute approximate surface area is 86.9 Å². The van der Waals surface area contributed by atoms with Gasteiger partial charge in [-0.15, -0.1) is 0 Å². The second kappa shape index (κ2) is 4.06. The highest BCUT2D eigenvalue weighted by molar-refractivity contribution is 7.80. The zero-order valence-electron chi connectivity index (χ0n) is 7.90. The highest BCUT2D eigenvalue weighted by Crippen LogP contribution is 2.25. The quantitative estimate of drug-likeness (QED) is 0.521. The smallest absolute Gasteiger partial charge is 0.397 e. The number of aliphatic hydroxyl groups excluding tert-OH is 2. The zero-order chi connectivity index (χ0) is 11.8. The number of rotatable bonds is 2. The van der Waals surface area contributed by atoms with Crippen LogP contribution in [0.25, 0.3) is 0 Å². The monoisotopic (exact) mass is 240 g/mol. The molecule has 15 heavy (non-hydrogen) atoms. The molecule has 0 saturated carbocycles. The van der Waals surface area contributed by atoms with Gasteiger partial charge >= 0.3 is 10.4 Å². The van der Waals surface area contributed by atoms with Gasteiger partial charge in [-0.05, 0) is 6.92 Å². The van der Waals surface area contributed by atoms with E-state index in [1.165, 1.54) is 6.92 Å². The summed E-state index contributed by atoms with van der Waals surface area (Å²) >= 11 is 0. The van der Waals surface area contributed by atoms with E-state index in [0.717, 1.165) is 0 Å². The van der Waals surface area contributed by atoms with E-state index in [2.05, 4.69) is 10.8 Å². The van der Waals surface area contributed by atoms with Crippen LogP contribution in [0.1, 0.15) is 6.92 Å². The summed E-state index contributed by atoms with van der Waals surface area (Å²) in [5.41, 5.74) is 0. The predicted molar refractivity (Wildman–Crippen MR) is 48.1 cm³/mol. The van der Waals surface area contributed by atoms with E-state index < -0.39 is 34.8 Å². The van der Waals surface area contributed by atoms with Crippen LogP contribution in [0.15, 0.2) is 12.3 Å². The lowest BCUT2D eigenvalue weighted by atomic mass is 9.99. The Kier molecular flexibility index (Phi) is 3.36. The van der Waals surface area contributed by atoms with Crippen molar-refractivity contribution in [1.29, 1.82) is 0 Å². The van der Waals surface area contributed by atoms with E-state index in [1.807, 2.05) is 0 Å². The van der Waals surface area contributed by atoms with Crippen LogP contribution in [0.5, 0.6) is 0 Å². The largest absolute Gasteiger partial charge is 0.490 e. The molecule has 8 heteroatoms. The van der Waals surface area contributed by atoms with Crippen molar-refractivity contribution in [2.24, 2.45) is 0 Å². The highest BCUT2D eigenvalue weighted by atomic mass is 32.3. The minimum atomic E-state index is -4.75. The Morgan fingerprint density at radius 2 is 2.00 bits per heavy atom. The van der Waals surface area contributed by atoms with Crippen molar-refractivity contribution in [3.63, 3.8) is 0 Å². The predicted octanol–water partition coefficient (Wildman–Crippen LogP) is -1.17. The maximum absolute atomic E-state index is 10.4. The van der Waals surface area contributed by atoms with Crippen LogP contribution >= 0.6 is 0 Å². The van der Waals surface area contributed by atoms with Crippen LogP contribution in [-0.4, -0.2) is 47.6 Å². The first-order valence-electron chi connectivity index (χ1n) is 4.09. The van der Waals surface area contributed by atoms with Crippen molar-refractivity contribution in [2.75, 3.05) is 0 Å². The minimum Gasteiger partial charge on any atom is -0.490 e. The SMILES string of the molecule is C=C1OC(C)C(O)C(OS(=O)(=O)O)C1O. The number of hydrogen-bond donors (Lipinski definition) is 3. The van der Waals surface area contributed by atoms with Gasteiger partial charge in [0, 0.05) is 0 Å². The van der Waals surface area contributed by atoms with Crippen molar-refractivity contribution in [3.05, 3.63) is 12.3 Å². The average Bonchev–Trinajstić information content (AvgIpc) is 2.08. The summed E-state index contributed by atoms with van der Waals surface area (Å²) in [5.74, 6) is -0.124. The summed E-state index contributed by atoms with van der Waals surface area (Å²) < 4.78 is 38.4. The summed E-state index contributed by atoms with van der Waals surface area (Å²) in [5, 5.41) is 18.9. The maximum Gasteiger partial charge on any atom is 0.397 e. The molecule has 4 unspecified atom stereocenters. The molecule has 0 radical (unpaired) electrons. The Bertz CT molecular complexity index is 348. The third-order valence-electron chi connectivity index (χ3n) is 2.03. The van der Waals surface area contributed by atoms with Crippen LogP contribution in [-0.2, 0) is 19.3 Å². The Morgan fingerprint density at radius 3 is 2.47 bits per heavy atom. The fraction of sp³-hybridized carbons (Fsp3) is 0.714. The van der Waals surface area contributed by atoms with Gasteiger partial charge in [-0.25, -0.2) is 4.18 Å². The van der Waals surface area contributed by atoms with Crippen LogP contribution < -0.4 is 0 Å². The van der Waals surface area contributed by atoms with Gasteiger partial charge in [0.25, 0.3) is 0 Å². The van der Waals surface area contributed by atoms with Gasteiger partial charge < -0.3 is 14.9 Å². The van der Waals surface area contributed by atoms with E-state index in [1.54, 1.807) is 0 Å². The molecule has 0 aromatic carbocycles. The first-order chi connectivity index (χ1) is 6.72. The van der Waals surface area contributed by atoms with Crippen LogP contribution in [0.3, 0.4) is 0 Å². The fourth-order valence-electron chi connectivity index (χ4n) is 1.27. The molecule has 1 saturated heterocycles. The molecule has 1 heterocycles. The lowest BCUT2D eigenvalue weighted by Gasteiger charge is -2.36. The Hall–Kier alpha value is -0.670. The summed E-state index contributed by atoms with van der Waals surface area (Å²) in [6.07, 6.45) is -5.20. The van der Waals surface area contributed by atoms with E-state index in [9.17, 15) is 18.6 Å². The minimum absolute atomic E-state index is 0.124. The average molecular weight is 240 g/mol. The Balaban J connectivity index is 2.87. The van der Waals surface area contributed by atoms with Crippen LogP contribution in [0.2, 0.25) is 0 Å². The molecule has 1 aliphatic heterocycles. The van der Waals surface area contributed by atoms with Gasteiger partial charge in [-0.3, -0.25) is 4.55 Å². The molecule has 0 spiro atoms. The molecule has 1 rings (SSSR count). The van der Waals surface area contributed by atoms with Crippen molar-refractivity contribution in [2.45, 2.75) is 31.3 Å². The van der Waals surface area contributed by atoms with E-state index in [-0.39, 0.29) is 5.76 Å². The second-order valence-electron chi connectivity index (χ2n) is 3.21. The van der Waals surface area contributed by atoms with Crippen LogP contribution in [0.4, 0.5) is 0 Å². The first-order valence-corrected chi connectivity index (χ1v) is 5.46. The highest BCUT2D eigenvalue weighted by Gasteiger charge is 2.42. The fourth-order valence-corrected chi connectivity index (χ4v) is 1.77. The van der Waals surface area contributed by atoms with Gasteiger partial charge in [0.15, 0.2) is 0 Å². The molecular formula is C7H12O7S.